The molecule has 6 nitrogen and oxygen atoms in total. The van der Waals surface area contributed by atoms with Crippen LogP contribution >= 0.6 is 11.6 Å². The number of hydrogen-bond donors (Lipinski definition) is 2. The number of amides is 2. The van der Waals surface area contributed by atoms with E-state index < -0.39 is 0 Å². The van der Waals surface area contributed by atoms with E-state index in [-0.39, 0.29) is 11.8 Å². The Balaban J connectivity index is 1.66. The summed E-state index contributed by atoms with van der Waals surface area (Å²) in [6.45, 7) is 0.359. The molecule has 1 saturated carbocycles. The maximum Gasteiger partial charge on any atom is 0.257 e. The van der Waals surface area contributed by atoms with Crippen molar-refractivity contribution in [3.63, 3.8) is 0 Å². The van der Waals surface area contributed by atoms with Crippen molar-refractivity contribution >= 4 is 23.4 Å². The molecule has 126 valence electrons. The summed E-state index contributed by atoms with van der Waals surface area (Å²) in [6, 6.07) is 7.56. The molecule has 1 heterocycles. The zero-order valence-electron chi connectivity index (χ0n) is 13.4. The first kappa shape index (κ1) is 16.5. The Morgan fingerprint density at radius 1 is 1.42 bits per heavy atom. The van der Waals surface area contributed by atoms with Gasteiger partial charge in [0, 0.05) is 36.6 Å². The largest absolute Gasteiger partial charge is 0.353 e. The van der Waals surface area contributed by atoms with Gasteiger partial charge in [-0.25, -0.2) is 0 Å². The topological polar surface area (TPSA) is 78.1 Å². The van der Waals surface area contributed by atoms with Crippen LogP contribution in [0.5, 0.6) is 0 Å². The standard InChI is InChI=1S/C17H19ClN4O2/c1-22(8-7-15(23)20-13-5-6-13)17(24)14-10-19-21-16(14)11-3-2-4-12(18)9-11/h2-4,9-10,13H,5-8H2,1H3,(H,19,21)(H,20,23). The fourth-order valence-electron chi connectivity index (χ4n) is 2.42. The molecule has 2 aromatic rings. The predicted molar refractivity (Wildman–Crippen MR) is 91.8 cm³/mol. The van der Waals surface area contributed by atoms with Crippen LogP contribution in [0.25, 0.3) is 11.3 Å². The summed E-state index contributed by atoms with van der Waals surface area (Å²) in [5.74, 6) is -0.197. The molecule has 1 aromatic heterocycles. The zero-order valence-corrected chi connectivity index (χ0v) is 14.1. The van der Waals surface area contributed by atoms with Crippen LogP contribution in [0.15, 0.2) is 30.5 Å². The van der Waals surface area contributed by atoms with Gasteiger partial charge in [0.05, 0.1) is 17.5 Å². The summed E-state index contributed by atoms with van der Waals surface area (Å²) in [6.07, 6.45) is 3.90. The number of H-pyrrole nitrogens is 1. The van der Waals surface area contributed by atoms with Gasteiger partial charge in [-0.1, -0.05) is 23.7 Å². The van der Waals surface area contributed by atoms with Gasteiger partial charge in [0.2, 0.25) is 5.91 Å². The fraction of sp³-hybridized carbons (Fsp3) is 0.353. The number of aromatic amines is 1. The SMILES string of the molecule is CN(CCC(=O)NC1CC1)C(=O)c1cn[nH]c1-c1cccc(Cl)c1. The van der Waals surface area contributed by atoms with E-state index in [9.17, 15) is 9.59 Å². The smallest absolute Gasteiger partial charge is 0.257 e. The number of hydrogen-bond acceptors (Lipinski definition) is 3. The van der Waals surface area contributed by atoms with Crippen molar-refractivity contribution in [1.29, 1.82) is 0 Å². The molecule has 24 heavy (non-hydrogen) atoms. The van der Waals surface area contributed by atoms with Crippen LogP contribution in [0.1, 0.15) is 29.6 Å². The van der Waals surface area contributed by atoms with Gasteiger partial charge >= 0.3 is 0 Å². The van der Waals surface area contributed by atoms with E-state index in [2.05, 4.69) is 15.5 Å². The van der Waals surface area contributed by atoms with Crippen molar-refractivity contribution in [2.75, 3.05) is 13.6 Å². The fourth-order valence-corrected chi connectivity index (χ4v) is 2.61. The van der Waals surface area contributed by atoms with Crippen LogP contribution in [0.4, 0.5) is 0 Å². The first-order valence-corrected chi connectivity index (χ1v) is 8.26. The minimum Gasteiger partial charge on any atom is -0.353 e. The molecule has 1 aliphatic carbocycles. The lowest BCUT2D eigenvalue weighted by Gasteiger charge is -2.17. The van der Waals surface area contributed by atoms with Gasteiger partial charge in [0.15, 0.2) is 0 Å². The Morgan fingerprint density at radius 2 is 2.21 bits per heavy atom. The van der Waals surface area contributed by atoms with Crippen LogP contribution in [-0.2, 0) is 4.79 Å². The van der Waals surface area contributed by atoms with E-state index in [1.807, 2.05) is 12.1 Å². The second-order valence-electron chi connectivity index (χ2n) is 5.99. The summed E-state index contributed by atoms with van der Waals surface area (Å²) in [5.41, 5.74) is 1.88. The average molecular weight is 347 g/mol. The number of benzene rings is 1. The van der Waals surface area contributed by atoms with Crippen LogP contribution in [0.2, 0.25) is 5.02 Å². The summed E-state index contributed by atoms with van der Waals surface area (Å²) < 4.78 is 0. The quantitative estimate of drug-likeness (QED) is 0.843. The van der Waals surface area contributed by atoms with Gasteiger partial charge in [-0.2, -0.15) is 5.10 Å². The Morgan fingerprint density at radius 3 is 2.92 bits per heavy atom. The lowest BCUT2D eigenvalue weighted by atomic mass is 10.1. The molecule has 0 bridgehead atoms. The highest BCUT2D eigenvalue weighted by molar-refractivity contribution is 6.30. The van der Waals surface area contributed by atoms with Crippen LogP contribution in [-0.4, -0.2) is 46.5 Å². The van der Waals surface area contributed by atoms with E-state index in [0.29, 0.717) is 35.3 Å². The first-order chi connectivity index (χ1) is 11.5. The molecule has 0 unspecified atom stereocenters. The second-order valence-corrected chi connectivity index (χ2v) is 6.42. The molecule has 0 aliphatic heterocycles. The highest BCUT2D eigenvalue weighted by atomic mass is 35.5. The Hall–Kier alpha value is -2.34. The van der Waals surface area contributed by atoms with Gasteiger partial charge < -0.3 is 10.2 Å². The summed E-state index contributed by atoms with van der Waals surface area (Å²) >= 11 is 6.01. The predicted octanol–water partition coefficient (Wildman–Crippen LogP) is 2.47. The lowest BCUT2D eigenvalue weighted by Crippen LogP contribution is -2.33. The first-order valence-electron chi connectivity index (χ1n) is 7.88. The van der Waals surface area contributed by atoms with Gasteiger partial charge in [-0.3, -0.25) is 14.7 Å². The molecule has 3 rings (SSSR count). The van der Waals surface area contributed by atoms with Crippen LogP contribution in [0.3, 0.4) is 0 Å². The maximum atomic E-state index is 12.6. The van der Waals surface area contributed by atoms with Crippen molar-refractivity contribution in [1.82, 2.24) is 20.4 Å². The van der Waals surface area contributed by atoms with E-state index in [1.54, 1.807) is 19.2 Å². The number of nitrogens with zero attached hydrogens (tertiary/aromatic N) is 2. The van der Waals surface area contributed by atoms with Crippen molar-refractivity contribution in [2.45, 2.75) is 25.3 Å². The Bertz CT molecular complexity index is 755. The highest BCUT2D eigenvalue weighted by Gasteiger charge is 2.24. The highest BCUT2D eigenvalue weighted by Crippen LogP contribution is 2.24. The van der Waals surface area contributed by atoms with Gasteiger partial charge in [0.25, 0.3) is 5.91 Å². The summed E-state index contributed by atoms with van der Waals surface area (Å²) in [5, 5.41) is 10.3. The minimum absolute atomic E-state index is 0.0144. The van der Waals surface area contributed by atoms with E-state index in [4.69, 9.17) is 11.6 Å². The lowest BCUT2D eigenvalue weighted by molar-refractivity contribution is -0.121. The second kappa shape index (κ2) is 7.05. The number of halogens is 1. The summed E-state index contributed by atoms with van der Waals surface area (Å²) in [4.78, 5) is 25.9. The number of nitrogens with one attached hydrogen (secondary N) is 2. The van der Waals surface area contributed by atoms with Crippen LogP contribution in [0, 0.1) is 0 Å². The zero-order chi connectivity index (χ0) is 17.1. The maximum absolute atomic E-state index is 12.6. The molecule has 7 heteroatoms. The monoisotopic (exact) mass is 346 g/mol. The third kappa shape index (κ3) is 3.94. The minimum atomic E-state index is -0.182. The van der Waals surface area contributed by atoms with Crippen molar-refractivity contribution in [3.8, 4) is 11.3 Å². The molecule has 2 amide bonds. The number of aromatic nitrogens is 2. The van der Waals surface area contributed by atoms with Crippen molar-refractivity contribution < 1.29 is 9.59 Å². The Labute approximate surface area is 145 Å². The molecule has 1 aromatic carbocycles. The number of carbonyl (C=O) groups excluding carboxylic acids is 2. The molecule has 1 aliphatic rings. The molecule has 0 radical (unpaired) electrons. The van der Waals surface area contributed by atoms with Crippen LogP contribution < -0.4 is 5.32 Å². The van der Waals surface area contributed by atoms with Gasteiger partial charge in [-0.15, -0.1) is 0 Å². The van der Waals surface area contributed by atoms with E-state index in [0.717, 1.165) is 18.4 Å². The molecular weight excluding hydrogens is 328 g/mol. The van der Waals surface area contributed by atoms with Gasteiger partial charge in [-0.05, 0) is 25.0 Å². The third-order valence-electron chi connectivity index (χ3n) is 3.95. The number of carbonyl (C=O) groups is 2. The molecular formula is C17H19ClN4O2. The summed E-state index contributed by atoms with van der Waals surface area (Å²) in [7, 11) is 1.68. The molecule has 0 spiro atoms. The number of rotatable bonds is 6. The normalized spacial score (nSPS) is 13.6. The molecule has 2 N–H and O–H groups in total. The molecule has 1 fully saturated rings. The average Bonchev–Trinajstić information content (AvgIpc) is 3.24. The van der Waals surface area contributed by atoms with E-state index >= 15 is 0 Å². The molecule has 0 atom stereocenters. The third-order valence-corrected chi connectivity index (χ3v) is 4.18. The van der Waals surface area contributed by atoms with Gasteiger partial charge in [0.1, 0.15) is 0 Å². The van der Waals surface area contributed by atoms with Crippen molar-refractivity contribution in [2.24, 2.45) is 0 Å². The molecule has 0 saturated heterocycles. The van der Waals surface area contributed by atoms with Crippen molar-refractivity contribution in [3.05, 3.63) is 41.0 Å². The van der Waals surface area contributed by atoms with E-state index in [1.165, 1.54) is 11.1 Å². The Kier molecular flexibility index (Phi) is 4.85.